The second-order valence-electron chi connectivity index (χ2n) is 9.48. The molecule has 1 heterocycles. The summed E-state index contributed by atoms with van der Waals surface area (Å²) in [5.41, 5.74) is 2.41. The molecule has 3 rings (SSSR count). The number of Topliss-reactive ketones (excluding diaryl/α,β-unsaturated/α-hetero) is 1. The molecule has 3 heteroatoms. The van der Waals surface area contributed by atoms with Gasteiger partial charge < -0.3 is 4.57 Å². The van der Waals surface area contributed by atoms with E-state index in [0.717, 1.165) is 18.7 Å². The van der Waals surface area contributed by atoms with Crippen LogP contribution in [0.25, 0.3) is 5.57 Å². The number of unbranched alkanes of at least 4 members (excludes halogenated alkanes) is 13. The number of aryl methyl sites for hydroxylation is 1. The number of carbonyl (C=O) groups excluding carboxylic acids is 2. The fourth-order valence-corrected chi connectivity index (χ4v) is 4.84. The number of hydrogen-bond acceptors (Lipinski definition) is 2. The highest BCUT2D eigenvalue weighted by Crippen LogP contribution is 2.28. The number of hydrogen-bond donors (Lipinski definition) is 0. The fourth-order valence-electron chi connectivity index (χ4n) is 4.84. The van der Waals surface area contributed by atoms with Gasteiger partial charge in [-0.15, -0.1) is 0 Å². The van der Waals surface area contributed by atoms with Gasteiger partial charge in [-0.2, -0.15) is 0 Å². The lowest BCUT2D eigenvalue weighted by molar-refractivity contribution is 0.100. The smallest absolute Gasteiger partial charge is 0.196 e. The van der Waals surface area contributed by atoms with E-state index in [1.807, 2.05) is 24.4 Å². The summed E-state index contributed by atoms with van der Waals surface area (Å²) >= 11 is 0. The van der Waals surface area contributed by atoms with Crippen LogP contribution in [0, 0.1) is 0 Å². The quantitative estimate of drug-likeness (QED) is 0.242. The first-order valence-corrected chi connectivity index (χ1v) is 13.3. The van der Waals surface area contributed by atoms with Gasteiger partial charge in [-0.1, -0.05) is 115 Å². The van der Waals surface area contributed by atoms with Crippen molar-refractivity contribution in [2.45, 2.75) is 103 Å². The van der Waals surface area contributed by atoms with Gasteiger partial charge in [0.15, 0.2) is 11.6 Å². The molecule has 0 spiro atoms. The highest BCUT2D eigenvalue weighted by atomic mass is 16.1. The lowest BCUT2D eigenvalue weighted by Crippen LogP contribution is -2.18. The van der Waals surface area contributed by atoms with Crippen LogP contribution in [0.15, 0.2) is 48.7 Å². The van der Waals surface area contributed by atoms with E-state index in [2.05, 4.69) is 11.5 Å². The van der Waals surface area contributed by atoms with Crippen LogP contribution in [-0.2, 0) is 6.54 Å². The van der Waals surface area contributed by atoms with Gasteiger partial charge in [-0.3, -0.25) is 9.59 Å². The molecule has 0 N–H and O–H groups in total. The summed E-state index contributed by atoms with van der Waals surface area (Å²) in [5, 5.41) is 0. The highest BCUT2D eigenvalue weighted by Gasteiger charge is 2.27. The van der Waals surface area contributed by atoms with Crippen molar-refractivity contribution in [2.75, 3.05) is 0 Å². The molecule has 0 amide bonds. The molecule has 0 aliphatic heterocycles. The SMILES string of the molecule is CCCCCCCCCCCCCCCCn1cccc1C1=CC(=O)c2ccccc2C1=O. The van der Waals surface area contributed by atoms with Crippen molar-refractivity contribution >= 4 is 17.1 Å². The number of fused-ring (bicyclic) bond motifs is 1. The summed E-state index contributed by atoms with van der Waals surface area (Å²) in [6.07, 6.45) is 22.4. The van der Waals surface area contributed by atoms with Gasteiger partial charge >= 0.3 is 0 Å². The third kappa shape index (κ3) is 7.55. The molecule has 0 radical (unpaired) electrons. The van der Waals surface area contributed by atoms with E-state index >= 15 is 0 Å². The Morgan fingerprint density at radius 2 is 1.18 bits per heavy atom. The molecule has 0 saturated heterocycles. The monoisotopic (exact) mass is 447 g/mol. The van der Waals surface area contributed by atoms with Crippen LogP contribution < -0.4 is 0 Å². The van der Waals surface area contributed by atoms with E-state index in [9.17, 15) is 9.59 Å². The van der Waals surface area contributed by atoms with E-state index in [0.29, 0.717) is 16.7 Å². The Morgan fingerprint density at radius 1 is 0.636 bits per heavy atom. The Hall–Kier alpha value is -2.42. The molecule has 0 atom stereocenters. The minimum atomic E-state index is -0.0792. The summed E-state index contributed by atoms with van der Waals surface area (Å²) in [7, 11) is 0. The largest absolute Gasteiger partial charge is 0.347 e. The molecule has 178 valence electrons. The number of allylic oxidation sites excluding steroid dienone is 2. The van der Waals surface area contributed by atoms with Crippen molar-refractivity contribution in [3.8, 4) is 0 Å². The molecule has 1 aromatic carbocycles. The summed E-state index contributed by atoms with van der Waals surface area (Å²) < 4.78 is 2.13. The van der Waals surface area contributed by atoms with Crippen LogP contribution >= 0.6 is 0 Å². The number of aromatic nitrogens is 1. The van der Waals surface area contributed by atoms with Crippen molar-refractivity contribution in [3.63, 3.8) is 0 Å². The Morgan fingerprint density at radius 3 is 1.79 bits per heavy atom. The second kappa shape index (κ2) is 14.0. The van der Waals surface area contributed by atoms with Gasteiger partial charge in [0.2, 0.25) is 0 Å². The maximum Gasteiger partial charge on any atom is 0.196 e. The zero-order valence-corrected chi connectivity index (χ0v) is 20.5. The van der Waals surface area contributed by atoms with E-state index in [1.165, 1.54) is 89.5 Å². The van der Waals surface area contributed by atoms with E-state index < -0.39 is 0 Å². The van der Waals surface area contributed by atoms with E-state index in [-0.39, 0.29) is 11.6 Å². The molecule has 1 aromatic heterocycles. The molecule has 1 aliphatic carbocycles. The number of ketones is 2. The Labute approximate surface area is 200 Å². The molecule has 0 fully saturated rings. The van der Waals surface area contributed by atoms with Crippen LogP contribution in [0.2, 0.25) is 0 Å². The minimum absolute atomic E-state index is 0.0499. The lowest BCUT2D eigenvalue weighted by atomic mass is 9.88. The van der Waals surface area contributed by atoms with E-state index in [1.54, 1.807) is 18.2 Å². The van der Waals surface area contributed by atoms with Gasteiger partial charge in [0.25, 0.3) is 0 Å². The first-order valence-electron chi connectivity index (χ1n) is 13.3. The molecular formula is C30H41NO2. The Kier molecular flexibility index (Phi) is 10.7. The van der Waals surface area contributed by atoms with Gasteiger partial charge in [0.1, 0.15) is 0 Å². The number of nitrogens with zero attached hydrogens (tertiary/aromatic N) is 1. The van der Waals surface area contributed by atoms with Crippen LogP contribution in [0.3, 0.4) is 0 Å². The van der Waals surface area contributed by atoms with Crippen molar-refractivity contribution in [1.29, 1.82) is 0 Å². The van der Waals surface area contributed by atoms with Crippen molar-refractivity contribution in [2.24, 2.45) is 0 Å². The van der Waals surface area contributed by atoms with Crippen LogP contribution in [0.1, 0.15) is 123 Å². The zero-order valence-electron chi connectivity index (χ0n) is 20.5. The standard InChI is InChI=1S/C30H41NO2/c1-2-3-4-5-6-7-8-9-10-11-12-13-14-17-22-31-23-18-21-28(31)27-24-29(32)25-19-15-16-20-26(25)30(27)33/h15-16,18-21,23-24H,2-14,17,22H2,1H3. The van der Waals surface area contributed by atoms with Crippen molar-refractivity contribution < 1.29 is 9.59 Å². The van der Waals surface area contributed by atoms with Gasteiger partial charge in [0, 0.05) is 23.9 Å². The van der Waals surface area contributed by atoms with Gasteiger partial charge in [-0.25, -0.2) is 0 Å². The van der Waals surface area contributed by atoms with Gasteiger partial charge in [-0.05, 0) is 24.6 Å². The maximum atomic E-state index is 13.0. The summed E-state index contributed by atoms with van der Waals surface area (Å²) in [6, 6.07) is 11.0. The summed E-state index contributed by atoms with van der Waals surface area (Å²) in [6.45, 7) is 3.17. The molecule has 1 aliphatic rings. The number of carbonyl (C=O) groups is 2. The second-order valence-corrected chi connectivity index (χ2v) is 9.48. The molecular weight excluding hydrogens is 406 g/mol. The predicted octanol–water partition coefficient (Wildman–Crippen LogP) is 8.43. The average Bonchev–Trinajstić information content (AvgIpc) is 3.30. The molecule has 2 aromatic rings. The normalized spacial score (nSPS) is 13.3. The van der Waals surface area contributed by atoms with Crippen LogP contribution in [-0.4, -0.2) is 16.1 Å². The molecule has 0 bridgehead atoms. The Bertz CT molecular complexity index is 921. The number of rotatable bonds is 16. The van der Waals surface area contributed by atoms with Gasteiger partial charge in [0.05, 0.1) is 11.3 Å². The van der Waals surface area contributed by atoms with E-state index in [4.69, 9.17) is 0 Å². The first-order chi connectivity index (χ1) is 16.2. The third-order valence-electron chi connectivity index (χ3n) is 6.82. The molecule has 3 nitrogen and oxygen atoms in total. The number of benzene rings is 1. The van der Waals surface area contributed by atoms with Crippen LogP contribution in [0.4, 0.5) is 0 Å². The first kappa shape index (κ1) is 25.2. The van der Waals surface area contributed by atoms with Crippen molar-refractivity contribution in [3.05, 3.63) is 65.5 Å². The Balaban J connectivity index is 1.32. The maximum absolute atomic E-state index is 13.0. The predicted molar refractivity (Wildman–Crippen MR) is 138 cm³/mol. The molecule has 33 heavy (non-hydrogen) atoms. The summed E-state index contributed by atoms with van der Waals surface area (Å²) in [5.74, 6) is -0.129. The average molecular weight is 448 g/mol. The van der Waals surface area contributed by atoms with Crippen molar-refractivity contribution in [1.82, 2.24) is 4.57 Å². The highest BCUT2D eigenvalue weighted by molar-refractivity contribution is 6.38. The zero-order chi connectivity index (χ0) is 23.3. The topological polar surface area (TPSA) is 39.1 Å². The third-order valence-corrected chi connectivity index (χ3v) is 6.82. The lowest BCUT2D eigenvalue weighted by Gasteiger charge is -2.17. The minimum Gasteiger partial charge on any atom is -0.347 e. The summed E-state index contributed by atoms with van der Waals surface area (Å²) in [4.78, 5) is 25.5. The fraction of sp³-hybridized carbons (Fsp3) is 0.533. The molecule has 0 saturated carbocycles. The molecule has 0 unspecified atom stereocenters. The van der Waals surface area contributed by atoms with Crippen LogP contribution in [0.5, 0.6) is 0 Å².